The van der Waals surface area contributed by atoms with Crippen LogP contribution in [0.3, 0.4) is 0 Å². The van der Waals surface area contributed by atoms with Crippen LogP contribution in [-0.4, -0.2) is 30.9 Å². The van der Waals surface area contributed by atoms with Crippen molar-refractivity contribution >= 4 is 12.3 Å². The molecule has 0 amide bonds. The van der Waals surface area contributed by atoms with Crippen LogP contribution in [-0.2, 0) is 16.1 Å². The van der Waals surface area contributed by atoms with Gasteiger partial charge in [-0.2, -0.15) is 0 Å². The molecule has 6 heteroatoms. The Morgan fingerprint density at radius 1 is 1.40 bits per heavy atom. The highest BCUT2D eigenvalue weighted by Crippen LogP contribution is 2.14. The second-order valence-electron chi connectivity index (χ2n) is 4.34. The molecule has 0 atom stereocenters. The zero-order chi connectivity index (χ0) is 14.5. The lowest BCUT2D eigenvalue weighted by Crippen LogP contribution is -2.16. The fourth-order valence-electron chi connectivity index (χ4n) is 1.87. The van der Waals surface area contributed by atoms with Crippen molar-refractivity contribution in [1.82, 2.24) is 4.90 Å². The third-order valence-corrected chi connectivity index (χ3v) is 2.86. The molecule has 1 aromatic rings. The Kier molecular flexibility index (Phi) is 4.45. The summed E-state index contributed by atoms with van der Waals surface area (Å²) in [6.07, 6.45) is 3.66. The lowest BCUT2D eigenvalue weighted by Gasteiger charge is -2.15. The van der Waals surface area contributed by atoms with Crippen LogP contribution in [0.5, 0.6) is 0 Å². The van der Waals surface area contributed by atoms with Crippen LogP contribution in [0, 0.1) is 11.6 Å². The first kappa shape index (κ1) is 14.2. The number of halogens is 2. The highest BCUT2D eigenvalue weighted by Gasteiger charge is 2.14. The molecule has 0 N–H and O–H groups in total. The van der Waals surface area contributed by atoms with Crippen molar-refractivity contribution < 1.29 is 18.3 Å². The molecule has 20 heavy (non-hydrogen) atoms. The van der Waals surface area contributed by atoms with Gasteiger partial charge in [0.2, 0.25) is 0 Å². The molecule has 0 radical (unpaired) electrons. The van der Waals surface area contributed by atoms with E-state index in [0.29, 0.717) is 30.6 Å². The van der Waals surface area contributed by atoms with Gasteiger partial charge in [-0.3, -0.25) is 4.99 Å². The summed E-state index contributed by atoms with van der Waals surface area (Å²) in [5.74, 6) is -2.19. The van der Waals surface area contributed by atoms with E-state index in [1.54, 1.807) is 17.4 Å². The molecule has 2 rings (SSSR count). The summed E-state index contributed by atoms with van der Waals surface area (Å²) in [7, 11) is 1.31. The first-order valence-electron chi connectivity index (χ1n) is 6.09. The Bertz CT molecular complexity index is 570. The van der Waals surface area contributed by atoms with Gasteiger partial charge in [-0.15, -0.1) is 0 Å². The first-order chi connectivity index (χ1) is 9.60. The van der Waals surface area contributed by atoms with Gasteiger partial charge in [0.1, 0.15) is 0 Å². The minimum Gasteiger partial charge on any atom is -0.466 e. The van der Waals surface area contributed by atoms with E-state index in [1.807, 2.05) is 0 Å². The summed E-state index contributed by atoms with van der Waals surface area (Å²) >= 11 is 0. The second-order valence-corrected chi connectivity index (χ2v) is 4.34. The van der Waals surface area contributed by atoms with E-state index < -0.39 is 17.6 Å². The summed E-state index contributed by atoms with van der Waals surface area (Å²) in [5.41, 5.74) is 1.07. The van der Waals surface area contributed by atoms with E-state index in [4.69, 9.17) is 0 Å². The lowest BCUT2D eigenvalue weighted by molar-refractivity contribution is -0.136. The van der Waals surface area contributed by atoms with Gasteiger partial charge in [-0.05, 0) is 17.7 Å². The molecule has 1 aliphatic rings. The molecule has 0 unspecified atom stereocenters. The molecule has 0 aliphatic carbocycles. The highest BCUT2D eigenvalue weighted by molar-refractivity contribution is 5.88. The number of hydrogen-bond acceptors (Lipinski definition) is 4. The van der Waals surface area contributed by atoms with Gasteiger partial charge in [0.25, 0.3) is 0 Å². The first-order valence-corrected chi connectivity index (χ1v) is 6.09. The summed E-state index contributed by atoms with van der Waals surface area (Å²) in [6, 6.07) is 3.69. The number of carbonyl (C=O) groups is 1. The number of rotatable bonds is 3. The third-order valence-electron chi connectivity index (χ3n) is 2.86. The summed E-state index contributed by atoms with van der Waals surface area (Å²) in [4.78, 5) is 17.3. The molecule has 1 aliphatic heterocycles. The monoisotopic (exact) mass is 280 g/mol. The van der Waals surface area contributed by atoms with Crippen LogP contribution >= 0.6 is 0 Å². The maximum Gasteiger partial charge on any atom is 0.335 e. The zero-order valence-corrected chi connectivity index (χ0v) is 11.0. The summed E-state index contributed by atoms with van der Waals surface area (Å²) < 4.78 is 30.7. The van der Waals surface area contributed by atoms with Crippen LogP contribution in [0.2, 0.25) is 0 Å². The van der Waals surface area contributed by atoms with Gasteiger partial charge in [0.05, 0.1) is 19.0 Å². The molecule has 0 saturated heterocycles. The quantitative estimate of drug-likeness (QED) is 0.797. The van der Waals surface area contributed by atoms with Gasteiger partial charge >= 0.3 is 5.97 Å². The van der Waals surface area contributed by atoms with Gasteiger partial charge < -0.3 is 9.64 Å². The Balaban J connectivity index is 2.17. The van der Waals surface area contributed by atoms with Gasteiger partial charge in [-0.25, -0.2) is 13.6 Å². The van der Waals surface area contributed by atoms with Gasteiger partial charge in [0.15, 0.2) is 11.6 Å². The minimum absolute atomic E-state index is 0.293. The minimum atomic E-state index is -0.897. The second kappa shape index (κ2) is 6.27. The standard InChI is InChI=1S/C14H14F2N2O2/c1-20-14(19)11-4-5-17-9-18(8-11)7-10-2-3-12(15)13(16)6-10/h2-3,6,8-9H,4-5,7H2,1H3. The highest BCUT2D eigenvalue weighted by atomic mass is 19.2. The number of carbonyl (C=O) groups excluding carboxylic acids is 1. The van der Waals surface area contributed by atoms with Crippen LogP contribution < -0.4 is 0 Å². The van der Waals surface area contributed by atoms with Crippen molar-refractivity contribution in [3.63, 3.8) is 0 Å². The van der Waals surface area contributed by atoms with Gasteiger partial charge in [-0.1, -0.05) is 6.07 Å². The molecule has 4 nitrogen and oxygen atoms in total. The van der Waals surface area contributed by atoms with Gasteiger partial charge in [0, 0.05) is 25.7 Å². The number of benzene rings is 1. The molecule has 1 aromatic carbocycles. The topological polar surface area (TPSA) is 41.9 Å². The molecule has 0 spiro atoms. The SMILES string of the molecule is COC(=O)C1=CN(Cc2ccc(F)c(F)c2)C=NCC1. The average molecular weight is 280 g/mol. The molecule has 1 heterocycles. The van der Waals surface area contributed by atoms with Crippen molar-refractivity contribution in [2.24, 2.45) is 4.99 Å². The van der Waals surface area contributed by atoms with E-state index in [-0.39, 0.29) is 0 Å². The van der Waals surface area contributed by atoms with E-state index in [2.05, 4.69) is 9.73 Å². The van der Waals surface area contributed by atoms with Crippen molar-refractivity contribution in [3.05, 3.63) is 47.2 Å². The smallest absolute Gasteiger partial charge is 0.335 e. The molecule has 0 aromatic heterocycles. The largest absolute Gasteiger partial charge is 0.466 e. The number of hydrogen-bond donors (Lipinski definition) is 0. The average Bonchev–Trinajstić information content (AvgIpc) is 2.67. The van der Waals surface area contributed by atoms with Crippen LogP contribution in [0.1, 0.15) is 12.0 Å². The van der Waals surface area contributed by atoms with Crippen molar-refractivity contribution in [3.8, 4) is 0 Å². The summed E-state index contributed by atoms with van der Waals surface area (Å²) in [5, 5.41) is 0. The molecule has 106 valence electrons. The Hall–Kier alpha value is -2.24. The van der Waals surface area contributed by atoms with Crippen LogP contribution in [0.4, 0.5) is 8.78 Å². The predicted molar refractivity (Wildman–Crippen MR) is 70.0 cm³/mol. The normalized spacial score (nSPS) is 14.8. The maximum atomic E-state index is 13.2. The van der Waals surface area contributed by atoms with Crippen molar-refractivity contribution in [2.75, 3.05) is 13.7 Å². The summed E-state index contributed by atoms with van der Waals surface area (Å²) in [6.45, 7) is 0.774. The van der Waals surface area contributed by atoms with E-state index in [1.165, 1.54) is 13.2 Å². The maximum absolute atomic E-state index is 13.2. The Morgan fingerprint density at radius 3 is 2.90 bits per heavy atom. The molecular weight excluding hydrogens is 266 g/mol. The molecular formula is C14H14F2N2O2. The molecule has 0 saturated carbocycles. The van der Waals surface area contributed by atoms with E-state index in [0.717, 1.165) is 12.1 Å². The van der Waals surface area contributed by atoms with Crippen molar-refractivity contribution in [2.45, 2.75) is 13.0 Å². The fourth-order valence-corrected chi connectivity index (χ4v) is 1.87. The number of aliphatic imine (C=N–C) groups is 1. The van der Waals surface area contributed by atoms with Crippen molar-refractivity contribution in [1.29, 1.82) is 0 Å². The van der Waals surface area contributed by atoms with E-state index in [9.17, 15) is 13.6 Å². The third kappa shape index (κ3) is 3.40. The van der Waals surface area contributed by atoms with Crippen LogP contribution in [0.25, 0.3) is 0 Å². The fraction of sp³-hybridized carbons (Fsp3) is 0.286. The predicted octanol–water partition coefficient (Wildman–Crippen LogP) is 2.26. The number of esters is 1. The number of methoxy groups -OCH3 is 1. The molecule has 0 fully saturated rings. The number of nitrogens with zero attached hydrogens (tertiary/aromatic N) is 2. The lowest BCUT2D eigenvalue weighted by atomic mass is 10.2. The van der Waals surface area contributed by atoms with E-state index >= 15 is 0 Å². The molecule has 0 bridgehead atoms. The number of ether oxygens (including phenoxy) is 1. The Morgan fingerprint density at radius 2 is 2.20 bits per heavy atom. The zero-order valence-electron chi connectivity index (χ0n) is 11.0. The Labute approximate surface area is 115 Å². The van der Waals surface area contributed by atoms with Crippen LogP contribution in [0.15, 0.2) is 35.0 Å².